The molecule has 0 bridgehead atoms. The molecule has 0 aliphatic carbocycles. The predicted octanol–water partition coefficient (Wildman–Crippen LogP) is 2.69. The van der Waals surface area contributed by atoms with E-state index >= 15 is 0 Å². The van der Waals surface area contributed by atoms with Crippen LogP contribution in [0.1, 0.15) is 27.6 Å². The Kier molecular flexibility index (Phi) is 6.55. The van der Waals surface area contributed by atoms with Crippen LogP contribution < -0.4 is 29.8 Å². The van der Waals surface area contributed by atoms with Crippen molar-refractivity contribution in [1.82, 2.24) is 10.9 Å². The van der Waals surface area contributed by atoms with E-state index in [0.717, 1.165) is 0 Å². The van der Waals surface area contributed by atoms with Gasteiger partial charge in [-0.1, -0.05) is 6.07 Å². The van der Waals surface area contributed by atoms with E-state index in [1.165, 1.54) is 36.4 Å². The van der Waals surface area contributed by atoms with E-state index in [4.69, 9.17) is 14.2 Å². The van der Waals surface area contributed by atoms with Crippen LogP contribution in [0.25, 0.3) is 0 Å². The van der Waals surface area contributed by atoms with E-state index in [0.29, 0.717) is 29.5 Å². The Balaban J connectivity index is 1.40. The number of hydrogen-bond donors (Lipinski definition) is 3. The number of anilines is 1. The maximum absolute atomic E-state index is 12.8. The molecule has 176 valence electrons. The summed E-state index contributed by atoms with van der Waals surface area (Å²) in [6, 6.07) is 16.5. The van der Waals surface area contributed by atoms with Gasteiger partial charge in [0.15, 0.2) is 11.5 Å². The minimum atomic E-state index is -3.96. The van der Waals surface area contributed by atoms with Crippen LogP contribution in [0.4, 0.5) is 5.69 Å². The molecule has 0 radical (unpaired) electrons. The molecule has 3 aromatic rings. The maximum atomic E-state index is 12.8. The highest BCUT2D eigenvalue weighted by Gasteiger charge is 2.19. The first kappa shape index (κ1) is 22.9. The monoisotopic (exact) mass is 483 g/mol. The molecule has 1 aliphatic rings. The van der Waals surface area contributed by atoms with Crippen molar-refractivity contribution in [3.63, 3.8) is 0 Å². The van der Waals surface area contributed by atoms with Crippen molar-refractivity contribution in [2.75, 3.05) is 18.1 Å². The number of rotatable bonds is 7. The topological polar surface area (TPSA) is 132 Å². The van der Waals surface area contributed by atoms with E-state index in [9.17, 15) is 18.0 Å². The highest BCUT2D eigenvalue weighted by Crippen LogP contribution is 2.32. The molecule has 1 heterocycles. The van der Waals surface area contributed by atoms with Crippen LogP contribution in [0.3, 0.4) is 0 Å². The number of carbonyl (C=O) groups excluding carboxylic acids is 2. The van der Waals surface area contributed by atoms with E-state index in [2.05, 4.69) is 15.6 Å². The Hall–Kier alpha value is -4.25. The van der Waals surface area contributed by atoms with Gasteiger partial charge in [0.25, 0.3) is 21.8 Å². The molecular formula is C23H21N3O7S. The first-order valence-corrected chi connectivity index (χ1v) is 11.7. The Morgan fingerprint density at radius 1 is 0.882 bits per heavy atom. The van der Waals surface area contributed by atoms with Crippen LogP contribution in [0.5, 0.6) is 17.2 Å². The fraction of sp³-hybridized carbons (Fsp3) is 0.130. The summed E-state index contributed by atoms with van der Waals surface area (Å²) in [6.45, 7) is 2.42. The number of hydrogen-bond acceptors (Lipinski definition) is 7. The summed E-state index contributed by atoms with van der Waals surface area (Å²) in [6.07, 6.45) is 0. The molecule has 34 heavy (non-hydrogen) atoms. The van der Waals surface area contributed by atoms with Gasteiger partial charge in [-0.3, -0.25) is 25.2 Å². The summed E-state index contributed by atoms with van der Waals surface area (Å²) in [7, 11) is -3.96. The zero-order valence-corrected chi connectivity index (χ0v) is 18.8. The Bertz CT molecular complexity index is 1320. The molecular weight excluding hydrogens is 462 g/mol. The smallest absolute Gasteiger partial charge is 0.269 e. The van der Waals surface area contributed by atoms with Gasteiger partial charge >= 0.3 is 0 Å². The lowest BCUT2D eigenvalue weighted by Crippen LogP contribution is -2.41. The second-order valence-corrected chi connectivity index (χ2v) is 8.75. The first-order valence-electron chi connectivity index (χ1n) is 10.2. The number of hydrazine groups is 1. The van der Waals surface area contributed by atoms with Crippen molar-refractivity contribution < 1.29 is 32.2 Å². The average Bonchev–Trinajstić information content (AvgIpc) is 3.31. The molecule has 0 saturated carbocycles. The number of ether oxygens (including phenoxy) is 3. The first-order chi connectivity index (χ1) is 16.4. The van der Waals surface area contributed by atoms with Gasteiger partial charge in [-0.25, -0.2) is 8.42 Å². The molecule has 1 aliphatic heterocycles. The minimum Gasteiger partial charge on any atom is -0.494 e. The van der Waals surface area contributed by atoms with Crippen LogP contribution in [0.15, 0.2) is 71.6 Å². The molecule has 3 N–H and O–H groups in total. The van der Waals surface area contributed by atoms with Gasteiger partial charge in [-0.2, -0.15) is 0 Å². The van der Waals surface area contributed by atoms with Gasteiger partial charge in [0.05, 0.1) is 11.5 Å². The average molecular weight is 484 g/mol. The van der Waals surface area contributed by atoms with Gasteiger partial charge in [0.1, 0.15) is 5.75 Å². The Morgan fingerprint density at radius 2 is 1.56 bits per heavy atom. The molecule has 3 aromatic carbocycles. The molecule has 4 rings (SSSR count). The third-order valence-electron chi connectivity index (χ3n) is 4.75. The zero-order chi connectivity index (χ0) is 24.1. The molecule has 0 unspecified atom stereocenters. The normalized spacial score (nSPS) is 12.0. The second-order valence-electron chi connectivity index (χ2n) is 7.07. The van der Waals surface area contributed by atoms with Crippen molar-refractivity contribution in [2.24, 2.45) is 0 Å². The number of nitrogens with one attached hydrogen (secondary N) is 3. The fourth-order valence-corrected chi connectivity index (χ4v) is 4.20. The van der Waals surface area contributed by atoms with Gasteiger partial charge in [0.2, 0.25) is 6.79 Å². The number of fused-ring (bicyclic) bond motifs is 1. The van der Waals surface area contributed by atoms with Crippen LogP contribution in [-0.4, -0.2) is 33.6 Å². The van der Waals surface area contributed by atoms with Crippen molar-refractivity contribution in [3.8, 4) is 17.2 Å². The quantitative estimate of drug-likeness (QED) is 0.440. The minimum absolute atomic E-state index is 0.0422. The number of benzene rings is 3. The second kappa shape index (κ2) is 9.71. The Morgan fingerprint density at radius 3 is 2.26 bits per heavy atom. The van der Waals surface area contributed by atoms with Crippen molar-refractivity contribution in [1.29, 1.82) is 0 Å². The van der Waals surface area contributed by atoms with Crippen molar-refractivity contribution >= 4 is 27.5 Å². The third kappa shape index (κ3) is 5.21. The van der Waals surface area contributed by atoms with E-state index in [1.807, 2.05) is 6.92 Å². The lowest BCUT2D eigenvalue weighted by molar-refractivity contribution is 0.0846. The third-order valence-corrected chi connectivity index (χ3v) is 6.13. The standard InChI is InChI=1S/C23H21N3O7S/c1-2-31-18-9-7-17(8-10-18)26-34(29,30)19-5-3-4-15(12-19)22(27)24-25-23(28)16-6-11-20-21(13-16)33-14-32-20/h3-13,26H,2,14H2,1H3,(H,24,27)(H,25,28). The van der Waals surface area contributed by atoms with Crippen LogP contribution >= 0.6 is 0 Å². The van der Waals surface area contributed by atoms with Gasteiger partial charge in [0, 0.05) is 16.8 Å². The van der Waals surface area contributed by atoms with Crippen LogP contribution in [-0.2, 0) is 10.0 Å². The molecule has 11 heteroatoms. The van der Waals surface area contributed by atoms with Crippen LogP contribution in [0, 0.1) is 0 Å². The summed E-state index contributed by atoms with van der Waals surface area (Å²) in [5, 5.41) is 0. The summed E-state index contributed by atoms with van der Waals surface area (Å²) >= 11 is 0. The fourth-order valence-electron chi connectivity index (χ4n) is 3.10. The Labute approximate surface area is 195 Å². The SMILES string of the molecule is CCOc1ccc(NS(=O)(=O)c2cccc(C(=O)NNC(=O)c3ccc4c(c3)OCO4)c2)cc1. The van der Waals surface area contributed by atoms with E-state index < -0.39 is 21.8 Å². The van der Waals surface area contributed by atoms with Crippen molar-refractivity contribution in [3.05, 3.63) is 77.9 Å². The largest absolute Gasteiger partial charge is 0.494 e. The summed E-state index contributed by atoms with van der Waals surface area (Å²) in [4.78, 5) is 24.7. The highest BCUT2D eigenvalue weighted by atomic mass is 32.2. The number of amides is 2. The zero-order valence-electron chi connectivity index (χ0n) is 18.0. The lowest BCUT2D eigenvalue weighted by atomic mass is 10.2. The molecule has 0 fully saturated rings. The molecule has 2 amide bonds. The molecule has 10 nitrogen and oxygen atoms in total. The summed E-state index contributed by atoms with van der Waals surface area (Å²) in [5.41, 5.74) is 5.20. The number of sulfonamides is 1. The van der Waals surface area contributed by atoms with Crippen LogP contribution in [0.2, 0.25) is 0 Å². The molecule has 0 aromatic heterocycles. The molecule has 0 atom stereocenters. The van der Waals surface area contributed by atoms with E-state index in [-0.39, 0.29) is 22.8 Å². The number of carbonyl (C=O) groups is 2. The van der Waals surface area contributed by atoms with Crippen molar-refractivity contribution in [2.45, 2.75) is 11.8 Å². The van der Waals surface area contributed by atoms with E-state index in [1.54, 1.807) is 30.3 Å². The highest BCUT2D eigenvalue weighted by molar-refractivity contribution is 7.92. The molecule has 0 spiro atoms. The lowest BCUT2D eigenvalue weighted by Gasteiger charge is -2.11. The predicted molar refractivity (Wildman–Crippen MR) is 122 cm³/mol. The van der Waals surface area contributed by atoms with Gasteiger partial charge in [-0.15, -0.1) is 0 Å². The maximum Gasteiger partial charge on any atom is 0.269 e. The summed E-state index contributed by atoms with van der Waals surface area (Å²) < 4.78 is 43.8. The van der Waals surface area contributed by atoms with Gasteiger partial charge < -0.3 is 14.2 Å². The summed E-state index contributed by atoms with van der Waals surface area (Å²) in [5.74, 6) is 0.307. The van der Waals surface area contributed by atoms with Gasteiger partial charge in [-0.05, 0) is 67.6 Å². The molecule has 0 saturated heterocycles.